The molecule has 0 aliphatic rings. The molecule has 2 rings (SSSR count). The van der Waals surface area contributed by atoms with E-state index >= 15 is 0 Å². The topological polar surface area (TPSA) is 52.0 Å². The number of aromatic nitrogens is 1. The number of thioether (sulfide) groups is 1. The van der Waals surface area contributed by atoms with Crippen LogP contribution in [-0.4, -0.2) is 10.7 Å². The van der Waals surface area contributed by atoms with E-state index in [-0.39, 0.29) is 6.04 Å². The van der Waals surface area contributed by atoms with E-state index in [0.29, 0.717) is 5.22 Å². The van der Waals surface area contributed by atoms with Crippen LogP contribution in [0.3, 0.4) is 0 Å². The van der Waals surface area contributed by atoms with E-state index in [0.717, 1.165) is 17.0 Å². The van der Waals surface area contributed by atoms with Gasteiger partial charge >= 0.3 is 0 Å². The summed E-state index contributed by atoms with van der Waals surface area (Å²) in [6.45, 7) is 6.13. The molecule has 4 heteroatoms. The summed E-state index contributed by atoms with van der Waals surface area (Å²) in [7, 11) is 0. The van der Waals surface area contributed by atoms with E-state index in [2.05, 4.69) is 37.0 Å². The van der Waals surface area contributed by atoms with Gasteiger partial charge in [-0.2, -0.15) is 0 Å². The quantitative estimate of drug-likeness (QED) is 0.858. The summed E-state index contributed by atoms with van der Waals surface area (Å²) in [5, 5.41) is 0.687. The molecule has 1 aromatic carbocycles. The van der Waals surface area contributed by atoms with Gasteiger partial charge in [-0.05, 0) is 37.5 Å². The summed E-state index contributed by atoms with van der Waals surface area (Å²) in [6, 6.07) is 6.36. The molecule has 1 unspecified atom stereocenters. The third-order valence-electron chi connectivity index (χ3n) is 2.94. The van der Waals surface area contributed by atoms with Crippen LogP contribution in [0.15, 0.2) is 34.1 Å². The predicted octanol–water partition coefficient (Wildman–Crippen LogP) is 3.39. The van der Waals surface area contributed by atoms with Crippen LogP contribution < -0.4 is 5.73 Å². The van der Waals surface area contributed by atoms with Gasteiger partial charge in [-0.3, -0.25) is 0 Å². The van der Waals surface area contributed by atoms with Crippen LogP contribution in [0.1, 0.15) is 28.4 Å². The third-order valence-corrected chi connectivity index (χ3v) is 3.90. The van der Waals surface area contributed by atoms with Crippen LogP contribution in [0.25, 0.3) is 0 Å². The Hall–Kier alpha value is -1.26. The highest BCUT2D eigenvalue weighted by molar-refractivity contribution is 7.99. The Morgan fingerprint density at radius 1 is 1.28 bits per heavy atom. The molecular formula is C14H18N2OS. The summed E-state index contributed by atoms with van der Waals surface area (Å²) in [5.74, 6) is 0.766. The minimum atomic E-state index is 0.00139. The Morgan fingerprint density at radius 2 is 2.06 bits per heavy atom. The van der Waals surface area contributed by atoms with Crippen LogP contribution >= 0.6 is 11.8 Å². The lowest BCUT2D eigenvalue weighted by Crippen LogP contribution is -2.13. The number of nitrogens with two attached hydrogens (primary N) is 1. The van der Waals surface area contributed by atoms with E-state index in [9.17, 15) is 0 Å². The minimum absolute atomic E-state index is 0.00139. The Labute approximate surface area is 112 Å². The van der Waals surface area contributed by atoms with Crippen LogP contribution in [0, 0.1) is 20.8 Å². The molecule has 3 nitrogen and oxygen atoms in total. The monoisotopic (exact) mass is 262 g/mol. The van der Waals surface area contributed by atoms with Crippen LogP contribution in [0.2, 0.25) is 0 Å². The predicted molar refractivity (Wildman–Crippen MR) is 74.8 cm³/mol. The number of rotatable bonds is 4. The van der Waals surface area contributed by atoms with Crippen molar-refractivity contribution in [3.05, 3.63) is 46.8 Å². The second kappa shape index (κ2) is 5.59. The van der Waals surface area contributed by atoms with Crippen LogP contribution in [-0.2, 0) is 0 Å². The highest BCUT2D eigenvalue weighted by Crippen LogP contribution is 2.23. The Balaban J connectivity index is 1.99. The highest BCUT2D eigenvalue weighted by Gasteiger charge is 2.10. The van der Waals surface area contributed by atoms with Crippen molar-refractivity contribution >= 4 is 11.8 Å². The molecule has 0 amide bonds. The zero-order valence-electron chi connectivity index (χ0n) is 10.9. The average molecular weight is 262 g/mol. The van der Waals surface area contributed by atoms with Crippen molar-refractivity contribution in [1.29, 1.82) is 0 Å². The van der Waals surface area contributed by atoms with E-state index in [4.69, 9.17) is 10.2 Å². The van der Waals surface area contributed by atoms with Crippen molar-refractivity contribution in [3.8, 4) is 0 Å². The molecule has 96 valence electrons. The first-order valence-corrected chi connectivity index (χ1v) is 6.92. The zero-order chi connectivity index (χ0) is 13.1. The molecule has 1 atom stereocenters. The van der Waals surface area contributed by atoms with Crippen molar-refractivity contribution in [3.63, 3.8) is 0 Å². The summed E-state index contributed by atoms with van der Waals surface area (Å²) in [4.78, 5) is 4.25. The molecule has 2 N–H and O–H groups in total. The number of hydrogen-bond acceptors (Lipinski definition) is 4. The van der Waals surface area contributed by atoms with Crippen molar-refractivity contribution < 1.29 is 4.42 Å². The molecular weight excluding hydrogens is 244 g/mol. The SMILES string of the molecule is Cc1coc(SCC(N)c2ccc(C)c(C)c2)n1. The highest BCUT2D eigenvalue weighted by atomic mass is 32.2. The maximum Gasteiger partial charge on any atom is 0.255 e. The molecule has 0 aliphatic carbocycles. The van der Waals surface area contributed by atoms with Gasteiger partial charge in [0.05, 0.1) is 5.69 Å². The molecule has 1 aromatic heterocycles. The van der Waals surface area contributed by atoms with Gasteiger partial charge in [0, 0.05) is 11.8 Å². The Kier molecular flexibility index (Phi) is 4.09. The largest absolute Gasteiger partial charge is 0.440 e. The maximum absolute atomic E-state index is 6.18. The lowest BCUT2D eigenvalue weighted by molar-refractivity contribution is 0.453. The van der Waals surface area contributed by atoms with Crippen molar-refractivity contribution in [1.82, 2.24) is 4.98 Å². The van der Waals surface area contributed by atoms with Crippen molar-refractivity contribution in [2.75, 3.05) is 5.75 Å². The normalized spacial score (nSPS) is 12.7. The molecule has 0 saturated carbocycles. The van der Waals surface area contributed by atoms with Crippen LogP contribution in [0.5, 0.6) is 0 Å². The average Bonchev–Trinajstić information content (AvgIpc) is 2.75. The van der Waals surface area contributed by atoms with Gasteiger partial charge in [-0.15, -0.1) is 0 Å². The standard InChI is InChI=1S/C14H18N2OS/c1-9-4-5-12(6-10(9)2)13(15)8-18-14-16-11(3)7-17-14/h4-7,13H,8,15H2,1-3H3. The van der Waals surface area contributed by atoms with E-state index in [1.54, 1.807) is 18.0 Å². The Bertz CT molecular complexity index is 536. The smallest absolute Gasteiger partial charge is 0.255 e. The number of oxazole rings is 1. The molecule has 0 radical (unpaired) electrons. The third kappa shape index (κ3) is 3.15. The molecule has 1 heterocycles. The van der Waals surface area contributed by atoms with Gasteiger partial charge in [0.15, 0.2) is 0 Å². The van der Waals surface area contributed by atoms with E-state index < -0.39 is 0 Å². The maximum atomic E-state index is 6.18. The summed E-state index contributed by atoms with van der Waals surface area (Å²) < 4.78 is 5.29. The fourth-order valence-electron chi connectivity index (χ4n) is 1.65. The Morgan fingerprint density at radius 3 is 2.67 bits per heavy atom. The van der Waals surface area contributed by atoms with E-state index in [1.165, 1.54) is 11.1 Å². The van der Waals surface area contributed by atoms with Gasteiger partial charge in [-0.25, -0.2) is 4.98 Å². The minimum Gasteiger partial charge on any atom is -0.440 e. The lowest BCUT2D eigenvalue weighted by Gasteiger charge is -2.12. The summed E-state index contributed by atoms with van der Waals surface area (Å²) in [5.41, 5.74) is 10.8. The molecule has 0 saturated heterocycles. The molecule has 0 spiro atoms. The first-order chi connectivity index (χ1) is 8.56. The second-order valence-electron chi connectivity index (χ2n) is 4.52. The van der Waals surface area contributed by atoms with Crippen molar-refractivity contribution in [2.45, 2.75) is 32.0 Å². The second-order valence-corrected chi connectivity index (χ2v) is 5.49. The molecule has 0 fully saturated rings. The molecule has 0 bridgehead atoms. The van der Waals surface area contributed by atoms with Gasteiger partial charge in [0.25, 0.3) is 5.22 Å². The lowest BCUT2D eigenvalue weighted by atomic mass is 10.0. The molecule has 18 heavy (non-hydrogen) atoms. The number of nitrogens with zero attached hydrogens (tertiary/aromatic N) is 1. The summed E-state index contributed by atoms with van der Waals surface area (Å²) >= 11 is 1.55. The molecule has 2 aromatic rings. The summed E-state index contributed by atoms with van der Waals surface area (Å²) in [6.07, 6.45) is 1.66. The van der Waals surface area contributed by atoms with Crippen LogP contribution in [0.4, 0.5) is 0 Å². The van der Waals surface area contributed by atoms with Gasteiger partial charge in [0.2, 0.25) is 0 Å². The zero-order valence-corrected chi connectivity index (χ0v) is 11.8. The van der Waals surface area contributed by atoms with Gasteiger partial charge < -0.3 is 10.2 Å². The van der Waals surface area contributed by atoms with Crippen molar-refractivity contribution in [2.24, 2.45) is 5.73 Å². The first kappa shape index (κ1) is 13.2. The van der Waals surface area contributed by atoms with Gasteiger partial charge in [0.1, 0.15) is 6.26 Å². The fourth-order valence-corrected chi connectivity index (χ4v) is 2.49. The molecule has 0 aliphatic heterocycles. The number of benzene rings is 1. The van der Waals surface area contributed by atoms with Gasteiger partial charge in [-0.1, -0.05) is 30.0 Å². The fraction of sp³-hybridized carbons (Fsp3) is 0.357. The number of hydrogen-bond donors (Lipinski definition) is 1. The first-order valence-electron chi connectivity index (χ1n) is 5.94. The van der Waals surface area contributed by atoms with E-state index in [1.807, 2.05) is 6.92 Å². The number of aryl methyl sites for hydroxylation is 3.